The van der Waals surface area contributed by atoms with Crippen molar-refractivity contribution in [2.75, 3.05) is 0 Å². The van der Waals surface area contributed by atoms with Gasteiger partial charge in [0.1, 0.15) is 5.82 Å². The lowest BCUT2D eigenvalue weighted by molar-refractivity contribution is 0.351. The maximum Gasteiger partial charge on any atom is 0.273 e. The smallest absolute Gasteiger partial charge is 0.273 e. The van der Waals surface area contributed by atoms with Crippen LogP contribution in [0.2, 0.25) is 0 Å². The molecule has 0 aromatic carbocycles. The van der Waals surface area contributed by atoms with E-state index in [1.54, 1.807) is 15.9 Å². The molecule has 0 aliphatic heterocycles. The maximum atomic E-state index is 11.6. The molecule has 8 heteroatoms. The van der Waals surface area contributed by atoms with Gasteiger partial charge in [0.2, 0.25) is 0 Å². The fourth-order valence-corrected chi connectivity index (χ4v) is 3.31. The van der Waals surface area contributed by atoms with E-state index < -0.39 is 15.6 Å². The highest BCUT2D eigenvalue weighted by molar-refractivity contribution is 7.89. The summed E-state index contributed by atoms with van der Waals surface area (Å²) in [6.07, 6.45) is 0.531. The van der Waals surface area contributed by atoms with Crippen LogP contribution in [0.1, 0.15) is 32.2 Å². The molecule has 0 saturated heterocycles. The number of nitrogens with zero attached hydrogens (tertiary/aromatic N) is 3. The van der Waals surface area contributed by atoms with Gasteiger partial charge < -0.3 is 0 Å². The number of thiophene rings is 1. The van der Waals surface area contributed by atoms with Crippen molar-refractivity contribution in [1.82, 2.24) is 14.8 Å². The van der Waals surface area contributed by atoms with Crippen LogP contribution in [0.15, 0.2) is 22.0 Å². The molecule has 0 unspecified atom stereocenters. The summed E-state index contributed by atoms with van der Waals surface area (Å²) in [5.41, 5.74) is 0.611. The van der Waals surface area contributed by atoms with Gasteiger partial charge in [-0.1, -0.05) is 0 Å². The number of rotatable bonds is 3. The lowest BCUT2D eigenvalue weighted by Gasteiger charge is -2.24. The van der Waals surface area contributed by atoms with Gasteiger partial charge in [0, 0.05) is 12.0 Å². The summed E-state index contributed by atoms with van der Waals surface area (Å²) in [4.78, 5) is 0. The Balaban J connectivity index is 2.54. The summed E-state index contributed by atoms with van der Waals surface area (Å²) in [6, 6.07) is 1.98. The number of primary sulfonamides is 1. The largest absolute Gasteiger partial charge is 0.295 e. The minimum atomic E-state index is -3.88. The summed E-state index contributed by atoms with van der Waals surface area (Å²) in [7, 11) is -3.88. The molecule has 104 valence electrons. The molecule has 2 rings (SSSR count). The lowest BCUT2D eigenvalue weighted by Crippen LogP contribution is -2.30. The molecule has 0 radical (unpaired) electrons. The minimum absolute atomic E-state index is 0.190. The highest BCUT2D eigenvalue weighted by atomic mass is 32.2. The average molecular weight is 300 g/mol. The quantitative estimate of drug-likeness (QED) is 0.926. The first kappa shape index (κ1) is 14.2. The van der Waals surface area contributed by atoms with Crippen molar-refractivity contribution in [1.29, 1.82) is 0 Å². The Labute approximate surface area is 116 Å². The van der Waals surface area contributed by atoms with Gasteiger partial charge in [-0.05, 0) is 43.2 Å². The van der Waals surface area contributed by atoms with Gasteiger partial charge in [-0.15, -0.1) is 10.2 Å². The van der Waals surface area contributed by atoms with Gasteiger partial charge >= 0.3 is 0 Å². The van der Waals surface area contributed by atoms with E-state index in [1.807, 2.05) is 37.6 Å². The molecule has 6 nitrogen and oxygen atoms in total. The molecule has 0 spiro atoms. The Kier molecular flexibility index (Phi) is 3.50. The Hall–Kier alpha value is -1.25. The highest BCUT2D eigenvalue weighted by Crippen LogP contribution is 2.23. The third-order valence-corrected chi connectivity index (χ3v) is 4.07. The van der Waals surface area contributed by atoms with Crippen molar-refractivity contribution in [3.05, 3.63) is 28.2 Å². The normalized spacial score (nSPS) is 12.8. The molecule has 2 N–H and O–H groups in total. The van der Waals surface area contributed by atoms with E-state index in [-0.39, 0.29) is 5.16 Å². The van der Waals surface area contributed by atoms with Gasteiger partial charge in [0.05, 0.1) is 0 Å². The van der Waals surface area contributed by atoms with E-state index >= 15 is 0 Å². The first-order chi connectivity index (χ1) is 8.69. The Morgan fingerprint density at radius 2 is 2.05 bits per heavy atom. The summed E-state index contributed by atoms with van der Waals surface area (Å²) in [6.45, 7) is 5.67. The average Bonchev–Trinajstić information content (AvgIpc) is 2.84. The molecule has 2 aromatic heterocycles. The zero-order valence-corrected chi connectivity index (χ0v) is 12.6. The minimum Gasteiger partial charge on any atom is -0.295 e. The zero-order valence-electron chi connectivity index (χ0n) is 11.0. The SMILES string of the molecule is CC(C)(C)n1c(Cc2ccsc2)nnc1S(N)(=O)=O. The number of sulfonamides is 1. The van der Waals surface area contributed by atoms with E-state index in [2.05, 4.69) is 10.2 Å². The second-order valence-electron chi connectivity index (χ2n) is 5.26. The molecule has 0 saturated carbocycles. The monoisotopic (exact) mass is 300 g/mol. The van der Waals surface area contributed by atoms with Crippen LogP contribution in [0.4, 0.5) is 0 Å². The van der Waals surface area contributed by atoms with Crippen LogP contribution >= 0.6 is 11.3 Å². The van der Waals surface area contributed by atoms with E-state index in [4.69, 9.17) is 5.14 Å². The second-order valence-corrected chi connectivity index (χ2v) is 7.49. The van der Waals surface area contributed by atoms with E-state index in [0.29, 0.717) is 12.2 Å². The number of nitrogens with two attached hydrogens (primary N) is 1. The summed E-state index contributed by atoms with van der Waals surface area (Å²) >= 11 is 1.58. The molecule has 2 heterocycles. The van der Waals surface area contributed by atoms with Gasteiger partial charge in [-0.2, -0.15) is 11.3 Å². The number of hydrogen-bond acceptors (Lipinski definition) is 5. The van der Waals surface area contributed by atoms with E-state index in [9.17, 15) is 8.42 Å². The predicted molar refractivity (Wildman–Crippen MR) is 73.5 cm³/mol. The first-order valence-corrected chi connectivity index (χ1v) is 8.17. The van der Waals surface area contributed by atoms with Crippen LogP contribution in [0, 0.1) is 0 Å². The van der Waals surface area contributed by atoms with Crippen LogP contribution in [0.5, 0.6) is 0 Å². The van der Waals surface area contributed by atoms with Gasteiger partial charge in [0.15, 0.2) is 0 Å². The second kappa shape index (κ2) is 4.69. The van der Waals surface area contributed by atoms with Crippen molar-refractivity contribution in [3.8, 4) is 0 Å². The number of hydrogen-bond donors (Lipinski definition) is 1. The van der Waals surface area contributed by atoms with Gasteiger partial charge in [-0.25, -0.2) is 13.6 Å². The van der Waals surface area contributed by atoms with Crippen LogP contribution < -0.4 is 5.14 Å². The lowest BCUT2D eigenvalue weighted by atomic mass is 10.1. The fourth-order valence-electron chi connectivity index (χ4n) is 1.85. The van der Waals surface area contributed by atoms with Crippen LogP contribution in [0.3, 0.4) is 0 Å². The van der Waals surface area contributed by atoms with Crippen LogP contribution in [-0.2, 0) is 22.0 Å². The molecule has 19 heavy (non-hydrogen) atoms. The molecular weight excluding hydrogens is 284 g/mol. The van der Waals surface area contributed by atoms with Crippen molar-refractivity contribution in [2.24, 2.45) is 5.14 Å². The Bertz CT molecular complexity index is 666. The summed E-state index contributed by atoms with van der Waals surface area (Å²) < 4.78 is 24.7. The van der Waals surface area contributed by atoms with E-state index in [1.165, 1.54) is 0 Å². The highest BCUT2D eigenvalue weighted by Gasteiger charge is 2.28. The van der Waals surface area contributed by atoms with Crippen molar-refractivity contribution in [2.45, 2.75) is 37.9 Å². The molecular formula is C11H16N4O2S2. The summed E-state index contributed by atoms with van der Waals surface area (Å²) in [5, 5.41) is 16.7. The fraction of sp³-hybridized carbons (Fsp3) is 0.455. The topological polar surface area (TPSA) is 90.9 Å². The maximum absolute atomic E-state index is 11.6. The van der Waals surface area contributed by atoms with Crippen molar-refractivity contribution in [3.63, 3.8) is 0 Å². The Morgan fingerprint density at radius 1 is 1.37 bits per heavy atom. The molecule has 0 fully saturated rings. The molecule has 0 aliphatic carbocycles. The van der Waals surface area contributed by atoms with Crippen molar-refractivity contribution < 1.29 is 8.42 Å². The first-order valence-electron chi connectivity index (χ1n) is 5.68. The third kappa shape index (κ3) is 3.02. The van der Waals surface area contributed by atoms with Crippen LogP contribution in [-0.4, -0.2) is 23.2 Å². The predicted octanol–water partition coefficient (Wildman–Crippen LogP) is 1.33. The molecule has 0 amide bonds. The Morgan fingerprint density at radius 3 is 2.53 bits per heavy atom. The number of aromatic nitrogens is 3. The third-order valence-electron chi connectivity index (χ3n) is 2.57. The van der Waals surface area contributed by atoms with E-state index in [0.717, 1.165) is 5.56 Å². The summed E-state index contributed by atoms with van der Waals surface area (Å²) in [5.74, 6) is 0.593. The molecule has 2 aromatic rings. The standard InChI is InChI=1S/C11H16N4O2S2/c1-11(2,3)15-9(6-8-4-5-18-7-8)13-14-10(15)19(12,16)17/h4-5,7H,6H2,1-3H3,(H2,12,16,17). The molecule has 0 bridgehead atoms. The van der Waals surface area contributed by atoms with Crippen LogP contribution in [0.25, 0.3) is 0 Å². The molecule has 0 atom stereocenters. The van der Waals surface area contributed by atoms with Gasteiger partial charge in [0.25, 0.3) is 15.2 Å². The zero-order chi connectivity index (χ0) is 14.3. The molecule has 0 aliphatic rings. The van der Waals surface area contributed by atoms with Crippen molar-refractivity contribution >= 4 is 21.4 Å². The van der Waals surface area contributed by atoms with Gasteiger partial charge in [-0.3, -0.25) is 4.57 Å².